The molecule has 1 heterocycles. The van der Waals surface area contributed by atoms with E-state index in [1.165, 1.54) is 81.0 Å². The first-order valence-corrected chi connectivity index (χ1v) is 12.1. The third-order valence-electron chi connectivity index (χ3n) is 5.97. The van der Waals surface area contributed by atoms with Crippen LogP contribution in [0, 0.1) is 0 Å². The summed E-state index contributed by atoms with van der Waals surface area (Å²) in [5.74, 6) is 1.07. The van der Waals surface area contributed by atoms with E-state index in [0.717, 1.165) is 18.7 Å². The molecule has 30 heavy (non-hydrogen) atoms. The number of benzene rings is 2. The second kappa shape index (κ2) is 13.2. The molecule has 3 rings (SSSR count). The van der Waals surface area contributed by atoms with Crippen molar-refractivity contribution in [3.8, 4) is 5.75 Å². The van der Waals surface area contributed by atoms with Crippen LogP contribution in [0.5, 0.6) is 5.75 Å². The van der Waals surface area contributed by atoms with Gasteiger partial charge in [0.25, 0.3) is 0 Å². The van der Waals surface area contributed by atoms with E-state index < -0.39 is 0 Å². The molecule has 0 saturated carbocycles. The lowest BCUT2D eigenvalue weighted by Crippen LogP contribution is -2.31. The van der Waals surface area contributed by atoms with Gasteiger partial charge >= 0.3 is 0 Å². The van der Waals surface area contributed by atoms with E-state index in [0.29, 0.717) is 6.73 Å². The number of rotatable bonds is 13. The molecule has 0 aliphatic carbocycles. The van der Waals surface area contributed by atoms with Crippen LogP contribution in [0.15, 0.2) is 60.7 Å². The van der Waals surface area contributed by atoms with E-state index in [1.54, 1.807) is 0 Å². The number of allylic oxidation sites excluding steroid dienone is 2. The molecule has 0 saturated heterocycles. The zero-order valence-electron chi connectivity index (χ0n) is 18.8. The van der Waals surface area contributed by atoms with E-state index >= 15 is 0 Å². The molecular weight excluding hydrogens is 366 g/mol. The Morgan fingerprint density at radius 3 is 2.33 bits per heavy atom. The summed E-state index contributed by atoms with van der Waals surface area (Å²) in [6.07, 6.45) is 19.2. The van der Waals surface area contributed by atoms with Crippen molar-refractivity contribution in [1.82, 2.24) is 0 Å². The number of unbranched alkanes of at least 4 members (excludes halogenated alkanes) is 8. The van der Waals surface area contributed by atoms with Gasteiger partial charge in [-0.3, -0.25) is 0 Å². The average Bonchev–Trinajstić information content (AvgIpc) is 2.80. The number of hydrogen-bond acceptors (Lipinski definition) is 2. The quantitative estimate of drug-likeness (QED) is 0.247. The van der Waals surface area contributed by atoms with E-state index in [2.05, 4.69) is 72.5 Å². The van der Waals surface area contributed by atoms with Crippen LogP contribution in [0.2, 0.25) is 0 Å². The fourth-order valence-electron chi connectivity index (χ4n) is 4.09. The summed E-state index contributed by atoms with van der Waals surface area (Å²) in [6.45, 7) is 3.83. The molecule has 2 aromatic rings. The highest BCUT2D eigenvalue weighted by atomic mass is 16.5. The van der Waals surface area contributed by atoms with Crippen LogP contribution in [0.1, 0.15) is 82.3 Å². The van der Waals surface area contributed by atoms with Gasteiger partial charge in [-0.25, -0.2) is 0 Å². The number of para-hydroxylation sites is 1. The predicted molar refractivity (Wildman–Crippen MR) is 129 cm³/mol. The minimum Gasteiger partial charge on any atom is -0.473 e. The maximum atomic E-state index is 6.06. The van der Waals surface area contributed by atoms with Gasteiger partial charge in [0.2, 0.25) is 0 Å². The van der Waals surface area contributed by atoms with E-state index in [9.17, 15) is 0 Å². The number of ether oxygens (including phenoxy) is 1. The SMILES string of the molecule is CCCCCC/C=C/CCCCCCc1ccc2c(c1)OCN(c1ccccc1)C2. The zero-order chi connectivity index (χ0) is 20.9. The largest absolute Gasteiger partial charge is 0.473 e. The highest BCUT2D eigenvalue weighted by Crippen LogP contribution is 2.29. The number of aryl methyl sites for hydroxylation is 1. The summed E-state index contributed by atoms with van der Waals surface area (Å²) in [6, 6.07) is 17.3. The first-order valence-electron chi connectivity index (χ1n) is 12.1. The van der Waals surface area contributed by atoms with Gasteiger partial charge in [-0.1, -0.05) is 81.5 Å². The summed E-state index contributed by atoms with van der Waals surface area (Å²) in [5.41, 5.74) is 3.92. The minimum atomic E-state index is 0.632. The van der Waals surface area contributed by atoms with Crippen LogP contribution in [-0.4, -0.2) is 6.73 Å². The first kappa shape index (κ1) is 22.5. The number of anilines is 1. The molecule has 0 amide bonds. The van der Waals surface area contributed by atoms with Crippen LogP contribution in [0.4, 0.5) is 5.69 Å². The molecule has 1 aliphatic rings. The summed E-state index contributed by atoms with van der Waals surface area (Å²) in [4.78, 5) is 2.28. The fourth-order valence-corrected chi connectivity index (χ4v) is 4.09. The summed E-state index contributed by atoms with van der Waals surface area (Å²) >= 11 is 0. The van der Waals surface area contributed by atoms with Gasteiger partial charge < -0.3 is 9.64 Å². The fraction of sp³-hybridized carbons (Fsp3) is 0.500. The van der Waals surface area contributed by atoms with Gasteiger partial charge in [0.05, 0.1) is 0 Å². The second-order valence-corrected chi connectivity index (χ2v) is 8.52. The molecule has 0 radical (unpaired) electrons. The van der Waals surface area contributed by atoms with Crippen LogP contribution >= 0.6 is 0 Å². The highest BCUT2D eigenvalue weighted by Gasteiger charge is 2.17. The molecule has 2 nitrogen and oxygen atoms in total. The van der Waals surface area contributed by atoms with Crippen LogP contribution in [-0.2, 0) is 13.0 Å². The Kier molecular flexibility index (Phi) is 9.85. The van der Waals surface area contributed by atoms with E-state index in [1.807, 2.05) is 0 Å². The van der Waals surface area contributed by atoms with Crippen LogP contribution in [0.25, 0.3) is 0 Å². The summed E-state index contributed by atoms with van der Waals surface area (Å²) in [5, 5.41) is 0. The summed E-state index contributed by atoms with van der Waals surface area (Å²) < 4.78 is 6.06. The molecular formula is C28H39NO. The van der Waals surface area contributed by atoms with Gasteiger partial charge in [0, 0.05) is 17.8 Å². The van der Waals surface area contributed by atoms with Gasteiger partial charge in [-0.05, 0) is 62.3 Å². The van der Waals surface area contributed by atoms with Crippen LogP contribution in [0.3, 0.4) is 0 Å². The lowest BCUT2D eigenvalue weighted by Gasteiger charge is -2.31. The molecule has 0 fully saturated rings. The molecule has 0 unspecified atom stereocenters. The number of fused-ring (bicyclic) bond motifs is 1. The molecule has 1 aliphatic heterocycles. The van der Waals surface area contributed by atoms with Gasteiger partial charge in [0.15, 0.2) is 6.73 Å². The molecule has 0 spiro atoms. The molecule has 0 N–H and O–H groups in total. The smallest absolute Gasteiger partial charge is 0.161 e. The Balaban J connectivity index is 1.30. The third-order valence-corrected chi connectivity index (χ3v) is 5.97. The highest BCUT2D eigenvalue weighted by molar-refractivity contribution is 5.50. The average molecular weight is 406 g/mol. The number of nitrogens with zero attached hydrogens (tertiary/aromatic N) is 1. The lowest BCUT2D eigenvalue weighted by atomic mass is 10.0. The van der Waals surface area contributed by atoms with Crippen molar-refractivity contribution in [2.45, 2.75) is 84.1 Å². The molecule has 0 bridgehead atoms. The van der Waals surface area contributed by atoms with Crippen LogP contribution < -0.4 is 9.64 Å². The standard InChI is InChI=1S/C28H39NO/c1-2-3-4-5-6-7-8-9-10-11-12-14-17-25-20-21-26-23-29(24-30-28(26)22-25)27-18-15-13-16-19-27/h7-8,13,15-16,18-22H,2-6,9-12,14,17,23-24H2,1H3/b8-7+. The normalized spacial score (nSPS) is 13.4. The van der Waals surface area contributed by atoms with Crippen molar-refractivity contribution in [2.24, 2.45) is 0 Å². The Morgan fingerprint density at radius 2 is 1.57 bits per heavy atom. The Hall–Kier alpha value is -2.22. The maximum absolute atomic E-state index is 6.06. The zero-order valence-corrected chi connectivity index (χ0v) is 18.8. The minimum absolute atomic E-state index is 0.632. The van der Waals surface area contributed by atoms with Crippen molar-refractivity contribution in [3.63, 3.8) is 0 Å². The van der Waals surface area contributed by atoms with Gasteiger partial charge in [0.1, 0.15) is 5.75 Å². The van der Waals surface area contributed by atoms with Crippen molar-refractivity contribution < 1.29 is 4.74 Å². The summed E-state index contributed by atoms with van der Waals surface area (Å²) in [7, 11) is 0. The second-order valence-electron chi connectivity index (χ2n) is 8.52. The molecule has 2 aromatic carbocycles. The van der Waals surface area contributed by atoms with E-state index in [-0.39, 0.29) is 0 Å². The Morgan fingerprint density at radius 1 is 0.833 bits per heavy atom. The third kappa shape index (κ3) is 7.55. The Labute approximate surface area is 184 Å². The topological polar surface area (TPSA) is 12.5 Å². The predicted octanol–water partition coefficient (Wildman–Crippen LogP) is 8.06. The van der Waals surface area contributed by atoms with E-state index in [4.69, 9.17) is 4.74 Å². The van der Waals surface area contributed by atoms with Crippen molar-refractivity contribution >= 4 is 5.69 Å². The molecule has 2 heteroatoms. The molecule has 0 aromatic heterocycles. The monoisotopic (exact) mass is 405 g/mol. The van der Waals surface area contributed by atoms with Crippen molar-refractivity contribution in [1.29, 1.82) is 0 Å². The molecule has 162 valence electrons. The number of hydrogen-bond donors (Lipinski definition) is 0. The van der Waals surface area contributed by atoms with Gasteiger partial charge in [-0.15, -0.1) is 0 Å². The Bertz CT molecular complexity index is 752. The first-order chi connectivity index (χ1) is 14.9. The van der Waals surface area contributed by atoms with Gasteiger partial charge in [-0.2, -0.15) is 0 Å². The lowest BCUT2D eigenvalue weighted by molar-refractivity contribution is 0.289. The van der Waals surface area contributed by atoms with Crippen molar-refractivity contribution in [2.75, 3.05) is 11.6 Å². The van der Waals surface area contributed by atoms with Crippen molar-refractivity contribution in [3.05, 3.63) is 71.8 Å². The molecule has 0 atom stereocenters. The maximum Gasteiger partial charge on any atom is 0.161 e.